The second-order valence-corrected chi connectivity index (χ2v) is 11.3. The van der Waals surface area contributed by atoms with Crippen molar-refractivity contribution in [2.24, 2.45) is 0 Å². The van der Waals surface area contributed by atoms with Crippen LogP contribution in [-0.2, 0) is 36.1 Å². The molecule has 0 saturated heterocycles. The summed E-state index contributed by atoms with van der Waals surface area (Å²) in [6, 6.07) is 38.5. The predicted octanol–water partition coefficient (Wildman–Crippen LogP) is 6.56. The number of benzene rings is 4. The summed E-state index contributed by atoms with van der Waals surface area (Å²) in [5.41, 5.74) is 6.78. The van der Waals surface area contributed by atoms with E-state index in [-0.39, 0.29) is 5.91 Å². The molecule has 0 N–H and O–H groups in total. The number of hydrogen-bond acceptors (Lipinski definition) is 5. The number of carbonyl (C=O) groups excluding carboxylic acids is 1. The summed E-state index contributed by atoms with van der Waals surface area (Å²) in [6.45, 7) is 3.14. The topological polar surface area (TPSA) is 77.0 Å². The van der Waals surface area contributed by atoms with Gasteiger partial charge in [0.25, 0.3) is 0 Å². The fraction of sp³-hybridized carbons (Fsp3) is 0.167. The standard InChI is InChI=1S/C36H31N5O2/c1-26-16-18-29(19-17-26)33-20-31(43-38-33)22-36(21-30-25-40(39-37-30)23-27-10-4-2-5-11-27)32-14-8-9-15-34(32)41(35(36)42)24-28-12-6-3-7-13-28/h2-20,25H,21-24H2,1H3/t36-/m1/s1. The van der Waals surface area contributed by atoms with Crippen molar-refractivity contribution in [3.63, 3.8) is 0 Å². The normalized spacial score (nSPS) is 16.0. The van der Waals surface area contributed by atoms with E-state index in [9.17, 15) is 4.79 Å². The molecule has 0 spiro atoms. The molecule has 212 valence electrons. The highest BCUT2D eigenvalue weighted by molar-refractivity contribution is 6.08. The van der Waals surface area contributed by atoms with Crippen molar-refractivity contribution >= 4 is 11.6 Å². The largest absolute Gasteiger partial charge is 0.361 e. The number of nitrogens with zero attached hydrogens (tertiary/aromatic N) is 5. The van der Waals surface area contributed by atoms with E-state index in [0.29, 0.717) is 31.7 Å². The lowest BCUT2D eigenvalue weighted by atomic mass is 9.74. The molecule has 0 bridgehead atoms. The number of carbonyl (C=O) groups is 1. The average molecular weight is 566 g/mol. The van der Waals surface area contributed by atoms with Crippen LogP contribution in [0.4, 0.5) is 5.69 Å². The fourth-order valence-electron chi connectivity index (χ4n) is 6.05. The van der Waals surface area contributed by atoms with Crippen LogP contribution in [0, 0.1) is 6.92 Å². The Labute approximate surface area is 250 Å². The molecule has 0 unspecified atom stereocenters. The maximum Gasteiger partial charge on any atom is 0.238 e. The van der Waals surface area contributed by atoms with Gasteiger partial charge in [-0.2, -0.15) is 0 Å². The monoisotopic (exact) mass is 565 g/mol. The highest BCUT2D eigenvalue weighted by Gasteiger charge is 2.52. The van der Waals surface area contributed by atoms with E-state index in [1.807, 2.05) is 88.6 Å². The zero-order valence-corrected chi connectivity index (χ0v) is 23.9. The number of amides is 1. The zero-order chi connectivity index (χ0) is 29.2. The first-order valence-electron chi connectivity index (χ1n) is 14.5. The van der Waals surface area contributed by atoms with Crippen LogP contribution >= 0.6 is 0 Å². The molecule has 0 radical (unpaired) electrons. The molecule has 7 nitrogen and oxygen atoms in total. The molecule has 7 heteroatoms. The van der Waals surface area contributed by atoms with Crippen LogP contribution in [0.1, 0.15) is 33.7 Å². The van der Waals surface area contributed by atoms with E-state index in [1.54, 1.807) is 0 Å². The van der Waals surface area contributed by atoms with E-state index in [0.717, 1.165) is 39.3 Å². The molecule has 2 aromatic heterocycles. The molecule has 4 aromatic carbocycles. The second kappa shape index (κ2) is 11.2. The molecular formula is C36H31N5O2. The van der Waals surface area contributed by atoms with Gasteiger partial charge in [-0.3, -0.25) is 4.79 Å². The lowest BCUT2D eigenvalue weighted by Crippen LogP contribution is -2.43. The number of aryl methyl sites for hydroxylation is 1. The summed E-state index contributed by atoms with van der Waals surface area (Å²) in [6.07, 6.45) is 2.67. The molecule has 1 atom stereocenters. The molecule has 3 heterocycles. The van der Waals surface area contributed by atoms with Gasteiger partial charge in [-0.25, -0.2) is 4.68 Å². The van der Waals surface area contributed by atoms with Gasteiger partial charge in [0.2, 0.25) is 5.91 Å². The lowest BCUT2D eigenvalue weighted by molar-refractivity contribution is -0.123. The predicted molar refractivity (Wildman–Crippen MR) is 165 cm³/mol. The van der Waals surface area contributed by atoms with E-state index in [4.69, 9.17) is 4.52 Å². The van der Waals surface area contributed by atoms with E-state index >= 15 is 0 Å². The Morgan fingerprint density at radius 2 is 1.44 bits per heavy atom. The van der Waals surface area contributed by atoms with Crippen LogP contribution in [0.15, 0.2) is 126 Å². The molecule has 7 rings (SSSR count). The summed E-state index contributed by atoms with van der Waals surface area (Å²) in [5.74, 6) is 0.667. The van der Waals surface area contributed by atoms with E-state index in [1.165, 1.54) is 5.56 Å². The third kappa shape index (κ3) is 5.26. The van der Waals surface area contributed by atoms with Crippen LogP contribution in [-0.4, -0.2) is 26.1 Å². The number of hydrogen-bond donors (Lipinski definition) is 0. The highest BCUT2D eigenvalue weighted by Crippen LogP contribution is 2.46. The third-order valence-corrected chi connectivity index (χ3v) is 8.19. The van der Waals surface area contributed by atoms with Gasteiger partial charge < -0.3 is 9.42 Å². The van der Waals surface area contributed by atoms with E-state index in [2.05, 4.69) is 64.9 Å². The Kier molecular flexibility index (Phi) is 6.91. The van der Waals surface area contributed by atoms with Crippen LogP contribution in [0.3, 0.4) is 0 Å². The maximum atomic E-state index is 14.7. The first-order chi connectivity index (χ1) is 21.1. The van der Waals surface area contributed by atoms with Crippen molar-refractivity contribution in [2.75, 3.05) is 4.90 Å². The lowest BCUT2D eigenvalue weighted by Gasteiger charge is -2.27. The smallest absolute Gasteiger partial charge is 0.238 e. The minimum Gasteiger partial charge on any atom is -0.361 e. The SMILES string of the molecule is Cc1ccc(-c2cc(C[C@@]3(Cc4cn(Cc5ccccc5)nn4)C(=O)N(Cc4ccccc4)c4ccccc43)on2)cc1. The minimum atomic E-state index is -0.941. The summed E-state index contributed by atoms with van der Waals surface area (Å²) >= 11 is 0. The van der Waals surface area contributed by atoms with Crippen molar-refractivity contribution in [2.45, 2.75) is 38.3 Å². The van der Waals surface area contributed by atoms with Gasteiger partial charge in [-0.15, -0.1) is 5.10 Å². The number of aromatic nitrogens is 4. The quantitative estimate of drug-likeness (QED) is 0.198. The Morgan fingerprint density at radius 1 is 0.767 bits per heavy atom. The molecule has 0 saturated carbocycles. The molecule has 6 aromatic rings. The first kappa shape index (κ1) is 26.6. The Balaban J connectivity index is 1.27. The first-order valence-corrected chi connectivity index (χ1v) is 14.5. The summed E-state index contributed by atoms with van der Waals surface area (Å²) in [5, 5.41) is 13.3. The van der Waals surface area contributed by atoms with Crippen LogP contribution in [0.5, 0.6) is 0 Å². The van der Waals surface area contributed by atoms with Crippen molar-refractivity contribution in [3.8, 4) is 11.3 Å². The van der Waals surface area contributed by atoms with Gasteiger partial charge >= 0.3 is 0 Å². The zero-order valence-electron chi connectivity index (χ0n) is 23.9. The summed E-state index contributed by atoms with van der Waals surface area (Å²) in [7, 11) is 0. The van der Waals surface area contributed by atoms with Gasteiger partial charge in [-0.05, 0) is 29.7 Å². The molecule has 1 amide bonds. The molecule has 1 aliphatic rings. The highest BCUT2D eigenvalue weighted by atomic mass is 16.5. The Hall–Kier alpha value is -5.30. The Morgan fingerprint density at radius 3 is 2.19 bits per heavy atom. The molecule has 1 aliphatic heterocycles. The third-order valence-electron chi connectivity index (χ3n) is 8.19. The van der Waals surface area contributed by atoms with Gasteiger partial charge in [0.15, 0.2) is 0 Å². The van der Waals surface area contributed by atoms with Gasteiger partial charge in [0.05, 0.1) is 24.2 Å². The van der Waals surface area contributed by atoms with Gasteiger partial charge in [0.1, 0.15) is 11.5 Å². The van der Waals surface area contributed by atoms with Crippen molar-refractivity contribution < 1.29 is 9.32 Å². The van der Waals surface area contributed by atoms with Crippen molar-refractivity contribution in [1.82, 2.24) is 20.2 Å². The number of fused-ring (bicyclic) bond motifs is 1. The number of anilines is 1. The van der Waals surface area contributed by atoms with Gasteiger partial charge in [-0.1, -0.05) is 119 Å². The molecule has 0 fully saturated rings. The molecule has 0 aliphatic carbocycles. The van der Waals surface area contributed by atoms with Crippen LogP contribution < -0.4 is 4.90 Å². The molecular weight excluding hydrogens is 534 g/mol. The van der Waals surface area contributed by atoms with Crippen LogP contribution in [0.25, 0.3) is 11.3 Å². The van der Waals surface area contributed by atoms with E-state index < -0.39 is 5.41 Å². The second-order valence-electron chi connectivity index (χ2n) is 11.3. The van der Waals surface area contributed by atoms with Crippen molar-refractivity contribution in [1.29, 1.82) is 0 Å². The summed E-state index contributed by atoms with van der Waals surface area (Å²) < 4.78 is 7.74. The Bertz CT molecular complexity index is 1860. The number of rotatable bonds is 9. The van der Waals surface area contributed by atoms with Gasteiger partial charge in [0, 0.05) is 36.4 Å². The minimum absolute atomic E-state index is 0.0171. The maximum absolute atomic E-state index is 14.7. The molecule has 43 heavy (non-hydrogen) atoms. The average Bonchev–Trinajstić information content (AvgIpc) is 3.74. The summed E-state index contributed by atoms with van der Waals surface area (Å²) in [4.78, 5) is 16.6. The van der Waals surface area contributed by atoms with Crippen LogP contribution in [0.2, 0.25) is 0 Å². The van der Waals surface area contributed by atoms with Crippen molar-refractivity contribution in [3.05, 3.63) is 155 Å². The fourth-order valence-corrected chi connectivity index (χ4v) is 6.05. The number of para-hydroxylation sites is 1.